The molecule has 2 aromatic carbocycles. The average molecular weight is 559 g/mol. The zero-order chi connectivity index (χ0) is 28.0. The largest absolute Gasteiger partial charge is 0.492 e. The van der Waals surface area contributed by atoms with Crippen LogP contribution in [0.3, 0.4) is 0 Å². The van der Waals surface area contributed by atoms with Gasteiger partial charge in [0.15, 0.2) is 0 Å². The van der Waals surface area contributed by atoms with Gasteiger partial charge >= 0.3 is 12.1 Å². The van der Waals surface area contributed by atoms with E-state index in [1.54, 1.807) is 29.6 Å². The van der Waals surface area contributed by atoms with Gasteiger partial charge in [0, 0.05) is 32.2 Å². The highest BCUT2D eigenvalue weighted by Gasteiger charge is 2.42. The summed E-state index contributed by atoms with van der Waals surface area (Å²) >= 11 is 0. The monoisotopic (exact) mass is 558 g/mol. The maximum Gasteiger partial charge on any atom is 0.490 e. The number of hydrogen-bond acceptors (Lipinski definition) is 6. The van der Waals surface area contributed by atoms with Gasteiger partial charge < -0.3 is 14.6 Å². The van der Waals surface area contributed by atoms with E-state index >= 15 is 0 Å². The van der Waals surface area contributed by atoms with Crippen molar-refractivity contribution in [3.05, 3.63) is 59.7 Å². The van der Waals surface area contributed by atoms with Crippen LogP contribution >= 0.6 is 0 Å². The molecule has 0 unspecified atom stereocenters. The fourth-order valence-corrected chi connectivity index (χ4v) is 6.27. The molecule has 1 N–H and O–H groups in total. The Bertz CT molecular complexity index is 1200. The number of sulfonamides is 1. The van der Waals surface area contributed by atoms with Crippen molar-refractivity contribution in [2.45, 2.75) is 37.4 Å². The van der Waals surface area contributed by atoms with Gasteiger partial charge in [0.2, 0.25) is 10.0 Å². The van der Waals surface area contributed by atoms with E-state index in [-0.39, 0.29) is 10.3 Å². The third-order valence-electron chi connectivity index (χ3n) is 6.71. The van der Waals surface area contributed by atoms with Crippen LogP contribution in [-0.4, -0.2) is 81.4 Å². The second-order valence-electron chi connectivity index (χ2n) is 9.63. The summed E-state index contributed by atoms with van der Waals surface area (Å²) in [6, 6.07) is 15.6. The zero-order valence-corrected chi connectivity index (χ0v) is 22.2. The summed E-state index contributed by atoms with van der Waals surface area (Å²) in [5.41, 5.74) is 2.40. The highest BCUT2D eigenvalue weighted by atomic mass is 32.2. The first kappa shape index (κ1) is 29.9. The summed E-state index contributed by atoms with van der Waals surface area (Å²) in [5.74, 6) is -2.31. The molecule has 0 saturated carbocycles. The summed E-state index contributed by atoms with van der Waals surface area (Å²) in [5, 5.41) is 7.12. The van der Waals surface area contributed by atoms with Gasteiger partial charge in [-0.2, -0.15) is 17.5 Å². The number of methoxy groups -OCH3 is 1. The molecule has 210 valence electrons. The van der Waals surface area contributed by atoms with E-state index in [2.05, 4.69) is 36.1 Å². The van der Waals surface area contributed by atoms with E-state index in [1.807, 2.05) is 6.07 Å². The van der Waals surface area contributed by atoms with Crippen LogP contribution < -0.4 is 4.74 Å². The number of halogens is 3. The summed E-state index contributed by atoms with van der Waals surface area (Å²) in [4.78, 5) is 11.6. The predicted octanol–water partition coefficient (Wildman–Crippen LogP) is 3.94. The minimum Gasteiger partial charge on any atom is -0.492 e. The second kappa shape index (κ2) is 12.5. The molecule has 2 aliphatic heterocycles. The fourth-order valence-electron chi connectivity index (χ4n) is 4.61. The fraction of sp³-hybridized carbons (Fsp3) is 0.500. The smallest absolute Gasteiger partial charge is 0.490 e. The van der Waals surface area contributed by atoms with Crippen molar-refractivity contribution < 1.29 is 41.0 Å². The first-order valence-corrected chi connectivity index (χ1v) is 13.6. The number of benzene rings is 2. The van der Waals surface area contributed by atoms with Crippen LogP contribution in [0.15, 0.2) is 53.4 Å². The number of carboxylic acid groups (broad SMARTS) is 1. The standard InChI is InChI=1S/C24H32N2O4S.C2HF3O2/c1-20-6-5-7-21(16-20)17-25-12-10-24(11-13-25)18-26(14-15-29-2)31(27,28)23-9-4-3-8-22(23)30-19-24;3-2(4,5)1(6)7/h3-9,16H,10-15,17-19H2,1-2H3;(H,6,7). The number of nitrogens with zero attached hydrogens (tertiary/aromatic N) is 2. The predicted molar refractivity (Wildman–Crippen MR) is 134 cm³/mol. The zero-order valence-electron chi connectivity index (χ0n) is 21.4. The number of likely N-dealkylation sites (tertiary alicyclic amines) is 1. The van der Waals surface area contributed by atoms with E-state index in [9.17, 15) is 21.6 Å². The maximum absolute atomic E-state index is 13.4. The van der Waals surface area contributed by atoms with Gasteiger partial charge in [-0.25, -0.2) is 13.2 Å². The number of alkyl halides is 3. The van der Waals surface area contributed by atoms with Crippen molar-refractivity contribution in [1.29, 1.82) is 0 Å². The molecular weight excluding hydrogens is 525 g/mol. The number of para-hydroxylation sites is 1. The van der Waals surface area contributed by atoms with E-state index in [0.29, 0.717) is 32.1 Å². The van der Waals surface area contributed by atoms with E-state index < -0.39 is 22.2 Å². The molecule has 2 aliphatic rings. The van der Waals surface area contributed by atoms with E-state index in [4.69, 9.17) is 19.4 Å². The lowest BCUT2D eigenvalue weighted by Crippen LogP contribution is -2.51. The Kier molecular flexibility index (Phi) is 9.80. The molecule has 0 bridgehead atoms. The molecular formula is C26H33F3N2O6S. The SMILES string of the molecule is COCCN1CC2(CCN(Cc3cccc(C)c3)CC2)COc2ccccc2S1(=O)=O.O=C(O)C(F)(F)F. The first-order chi connectivity index (χ1) is 17.9. The second-order valence-corrected chi connectivity index (χ2v) is 11.5. The molecule has 2 aromatic rings. The molecule has 1 spiro atoms. The topological polar surface area (TPSA) is 96.4 Å². The summed E-state index contributed by atoms with van der Waals surface area (Å²) in [6.45, 7) is 6.61. The molecule has 38 heavy (non-hydrogen) atoms. The number of aryl methyl sites for hydroxylation is 1. The van der Waals surface area contributed by atoms with Gasteiger partial charge in [-0.05, 0) is 50.6 Å². The normalized spacial score (nSPS) is 19.3. The lowest BCUT2D eigenvalue weighted by molar-refractivity contribution is -0.192. The molecule has 0 radical (unpaired) electrons. The van der Waals surface area contributed by atoms with Gasteiger partial charge in [-0.3, -0.25) is 4.90 Å². The van der Waals surface area contributed by atoms with E-state index in [0.717, 1.165) is 32.5 Å². The van der Waals surface area contributed by atoms with Crippen molar-refractivity contribution in [2.24, 2.45) is 5.41 Å². The van der Waals surface area contributed by atoms with Gasteiger partial charge in [0.25, 0.3) is 0 Å². The summed E-state index contributed by atoms with van der Waals surface area (Å²) in [7, 11) is -2.04. The molecule has 0 amide bonds. The number of rotatable bonds is 5. The van der Waals surface area contributed by atoms with Crippen LogP contribution in [0.25, 0.3) is 0 Å². The molecule has 12 heteroatoms. The highest BCUT2D eigenvalue weighted by Crippen LogP contribution is 2.39. The van der Waals surface area contributed by atoms with Crippen molar-refractivity contribution in [3.63, 3.8) is 0 Å². The molecule has 0 aromatic heterocycles. The number of aliphatic carboxylic acids is 1. The number of ether oxygens (including phenoxy) is 2. The number of carboxylic acids is 1. The molecule has 0 aliphatic carbocycles. The summed E-state index contributed by atoms with van der Waals surface area (Å²) < 4.78 is 71.5. The van der Waals surface area contributed by atoms with E-state index in [1.165, 1.54) is 11.1 Å². The number of hydrogen-bond donors (Lipinski definition) is 1. The molecule has 0 atom stereocenters. The van der Waals surface area contributed by atoms with Crippen LogP contribution in [-0.2, 0) is 26.1 Å². The quantitative estimate of drug-likeness (QED) is 0.594. The van der Waals surface area contributed by atoms with Crippen molar-refractivity contribution >= 4 is 16.0 Å². The average Bonchev–Trinajstić information content (AvgIpc) is 2.86. The maximum atomic E-state index is 13.4. The first-order valence-electron chi connectivity index (χ1n) is 12.2. The van der Waals surface area contributed by atoms with Crippen LogP contribution in [0.1, 0.15) is 24.0 Å². The molecule has 4 rings (SSSR count). The van der Waals surface area contributed by atoms with Gasteiger partial charge in [0.1, 0.15) is 10.6 Å². The van der Waals surface area contributed by atoms with Crippen molar-refractivity contribution in [2.75, 3.05) is 46.5 Å². The molecule has 8 nitrogen and oxygen atoms in total. The number of carbonyl (C=O) groups is 1. The Morgan fingerprint density at radius 3 is 2.39 bits per heavy atom. The molecule has 1 fully saturated rings. The minimum atomic E-state index is -5.08. The highest BCUT2D eigenvalue weighted by molar-refractivity contribution is 7.89. The Labute approximate surface area is 221 Å². The van der Waals surface area contributed by atoms with Crippen LogP contribution in [0.4, 0.5) is 13.2 Å². The Balaban J connectivity index is 0.000000505. The Morgan fingerprint density at radius 1 is 1.13 bits per heavy atom. The molecule has 1 saturated heterocycles. The van der Waals surface area contributed by atoms with Crippen molar-refractivity contribution in [3.8, 4) is 5.75 Å². The third-order valence-corrected chi connectivity index (χ3v) is 8.59. The van der Waals surface area contributed by atoms with Gasteiger partial charge in [0.05, 0.1) is 13.2 Å². The van der Waals surface area contributed by atoms with Crippen LogP contribution in [0, 0.1) is 12.3 Å². The lowest BCUT2D eigenvalue weighted by Gasteiger charge is -2.45. The Morgan fingerprint density at radius 2 is 1.79 bits per heavy atom. The third kappa shape index (κ3) is 7.68. The minimum absolute atomic E-state index is 0.197. The Hall–Kier alpha value is -2.67. The van der Waals surface area contributed by atoms with Crippen LogP contribution in [0.2, 0.25) is 0 Å². The van der Waals surface area contributed by atoms with Crippen LogP contribution in [0.5, 0.6) is 5.75 Å². The van der Waals surface area contributed by atoms with Gasteiger partial charge in [-0.15, -0.1) is 0 Å². The van der Waals surface area contributed by atoms with Gasteiger partial charge in [-0.1, -0.05) is 42.0 Å². The lowest BCUT2D eigenvalue weighted by atomic mass is 9.78. The number of piperidine rings is 1. The van der Waals surface area contributed by atoms with Crippen molar-refractivity contribution in [1.82, 2.24) is 9.21 Å². The molecule has 2 heterocycles. The summed E-state index contributed by atoms with van der Waals surface area (Å²) in [6.07, 6.45) is -3.28. The number of fused-ring (bicyclic) bond motifs is 1.